The number of anilines is 1. The van der Waals surface area contributed by atoms with E-state index in [9.17, 15) is 4.79 Å². The molecule has 6 heteroatoms. The molecule has 0 fully saturated rings. The first-order chi connectivity index (χ1) is 10.7. The molecule has 114 valence electrons. The highest BCUT2D eigenvalue weighted by Crippen LogP contribution is 2.33. The Bertz CT molecular complexity index is 693. The van der Waals surface area contributed by atoms with Crippen LogP contribution in [0.4, 0.5) is 5.69 Å². The van der Waals surface area contributed by atoms with E-state index in [0.717, 1.165) is 4.90 Å². The predicted octanol–water partition coefficient (Wildman–Crippen LogP) is 3.84. The van der Waals surface area contributed by atoms with E-state index in [4.69, 9.17) is 21.1 Å². The highest BCUT2D eigenvalue weighted by molar-refractivity contribution is 8.00. The highest BCUT2D eigenvalue weighted by atomic mass is 35.5. The number of nitrogens with one attached hydrogen (secondary N) is 1. The van der Waals surface area contributed by atoms with Crippen LogP contribution in [0.15, 0.2) is 47.4 Å². The molecule has 1 aliphatic heterocycles. The minimum Gasteiger partial charge on any atom is -0.486 e. The number of carbonyl (C=O) groups excluding carboxylic acids is 1. The van der Waals surface area contributed by atoms with Gasteiger partial charge in [0.1, 0.15) is 13.2 Å². The van der Waals surface area contributed by atoms with Crippen molar-refractivity contribution in [2.45, 2.75) is 4.90 Å². The van der Waals surface area contributed by atoms with E-state index in [1.54, 1.807) is 18.2 Å². The van der Waals surface area contributed by atoms with E-state index in [1.807, 2.05) is 24.3 Å². The monoisotopic (exact) mass is 335 g/mol. The van der Waals surface area contributed by atoms with Crippen molar-refractivity contribution < 1.29 is 14.3 Å². The Hall–Kier alpha value is -1.85. The average Bonchev–Trinajstić information content (AvgIpc) is 2.54. The minimum absolute atomic E-state index is 0.0957. The molecule has 0 unspecified atom stereocenters. The number of carbonyl (C=O) groups is 1. The molecular weight excluding hydrogens is 322 g/mol. The summed E-state index contributed by atoms with van der Waals surface area (Å²) in [7, 11) is 0. The number of halogens is 1. The molecule has 0 bridgehead atoms. The Labute approximate surface area is 137 Å². The number of amides is 1. The molecule has 0 spiro atoms. The lowest BCUT2D eigenvalue weighted by molar-refractivity contribution is -0.113. The van der Waals surface area contributed by atoms with Gasteiger partial charge in [0.25, 0.3) is 0 Å². The van der Waals surface area contributed by atoms with Gasteiger partial charge in [-0.2, -0.15) is 0 Å². The number of hydrogen-bond donors (Lipinski definition) is 1. The summed E-state index contributed by atoms with van der Waals surface area (Å²) in [6, 6.07) is 12.8. The van der Waals surface area contributed by atoms with Gasteiger partial charge < -0.3 is 14.8 Å². The van der Waals surface area contributed by atoms with Crippen molar-refractivity contribution in [1.29, 1.82) is 0 Å². The molecule has 1 N–H and O–H groups in total. The topological polar surface area (TPSA) is 47.6 Å². The molecule has 1 heterocycles. The minimum atomic E-state index is -0.0957. The Morgan fingerprint density at radius 3 is 2.73 bits per heavy atom. The van der Waals surface area contributed by atoms with E-state index >= 15 is 0 Å². The Morgan fingerprint density at radius 2 is 1.91 bits per heavy atom. The Morgan fingerprint density at radius 1 is 1.14 bits per heavy atom. The molecule has 22 heavy (non-hydrogen) atoms. The van der Waals surface area contributed by atoms with E-state index < -0.39 is 0 Å². The summed E-state index contributed by atoms with van der Waals surface area (Å²) in [6.45, 7) is 1.07. The fourth-order valence-corrected chi connectivity index (χ4v) is 3.06. The standard InChI is InChI=1S/C16H14ClNO3S/c17-12-3-1-2-4-15(12)22-10-16(19)18-11-5-6-13-14(9-11)21-8-7-20-13/h1-6,9H,7-8,10H2,(H,18,19). The van der Waals surface area contributed by atoms with Crippen LogP contribution in [0.1, 0.15) is 0 Å². The van der Waals surface area contributed by atoms with Crippen LogP contribution >= 0.6 is 23.4 Å². The molecule has 2 aromatic rings. The number of thioether (sulfide) groups is 1. The Balaban J connectivity index is 1.59. The lowest BCUT2D eigenvalue weighted by atomic mass is 10.2. The van der Waals surface area contributed by atoms with Gasteiger partial charge in [0.2, 0.25) is 5.91 Å². The largest absolute Gasteiger partial charge is 0.486 e. The molecule has 0 radical (unpaired) electrons. The molecule has 0 aliphatic carbocycles. The summed E-state index contributed by atoms with van der Waals surface area (Å²) < 4.78 is 10.9. The van der Waals surface area contributed by atoms with Gasteiger partial charge in [-0.25, -0.2) is 0 Å². The molecule has 0 saturated heterocycles. The smallest absolute Gasteiger partial charge is 0.234 e. The van der Waals surface area contributed by atoms with Crippen molar-refractivity contribution in [3.05, 3.63) is 47.5 Å². The summed E-state index contributed by atoms with van der Waals surface area (Å²) in [6.07, 6.45) is 0. The fourth-order valence-electron chi connectivity index (χ4n) is 2.02. The van der Waals surface area contributed by atoms with Gasteiger partial charge in [0.15, 0.2) is 11.5 Å². The van der Waals surface area contributed by atoms with Crippen molar-refractivity contribution in [2.75, 3.05) is 24.3 Å². The lowest BCUT2D eigenvalue weighted by Gasteiger charge is -2.19. The number of rotatable bonds is 4. The third-order valence-electron chi connectivity index (χ3n) is 3.02. The van der Waals surface area contributed by atoms with Gasteiger partial charge in [-0.1, -0.05) is 23.7 Å². The predicted molar refractivity (Wildman–Crippen MR) is 88.2 cm³/mol. The molecule has 2 aromatic carbocycles. The zero-order valence-electron chi connectivity index (χ0n) is 11.7. The van der Waals surface area contributed by atoms with Crippen molar-refractivity contribution in [2.24, 2.45) is 0 Å². The van der Waals surface area contributed by atoms with Crippen LogP contribution in [0.5, 0.6) is 11.5 Å². The van der Waals surface area contributed by atoms with Crippen molar-refractivity contribution in [3.63, 3.8) is 0 Å². The van der Waals surface area contributed by atoms with E-state index in [-0.39, 0.29) is 11.7 Å². The third kappa shape index (κ3) is 3.67. The quantitative estimate of drug-likeness (QED) is 0.862. The first-order valence-electron chi connectivity index (χ1n) is 6.79. The number of ether oxygens (including phenoxy) is 2. The van der Waals surface area contributed by atoms with Crippen LogP contribution in [0.2, 0.25) is 5.02 Å². The molecule has 1 aliphatic rings. The van der Waals surface area contributed by atoms with Crippen molar-refractivity contribution in [1.82, 2.24) is 0 Å². The summed E-state index contributed by atoms with van der Waals surface area (Å²) in [4.78, 5) is 12.9. The molecule has 0 saturated carbocycles. The van der Waals surface area contributed by atoms with Crippen molar-refractivity contribution >= 4 is 35.0 Å². The van der Waals surface area contributed by atoms with Crippen LogP contribution in [-0.2, 0) is 4.79 Å². The van der Waals surface area contributed by atoms with Gasteiger partial charge in [-0.15, -0.1) is 11.8 Å². The second kappa shape index (κ2) is 6.94. The first kappa shape index (κ1) is 15.1. The molecule has 4 nitrogen and oxygen atoms in total. The van der Waals surface area contributed by atoms with Gasteiger partial charge in [-0.05, 0) is 24.3 Å². The first-order valence-corrected chi connectivity index (χ1v) is 8.15. The lowest BCUT2D eigenvalue weighted by Crippen LogP contribution is -2.17. The zero-order valence-corrected chi connectivity index (χ0v) is 13.2. The van der Waals surface area contributed by atoms with E-state index in [0.29, 0.717) is 35.4 Å². The van der Waals surface area contributed by atoms with Crippen LogP contribution in [0.3, 0.4) is 0 Å². The molecule has 1 amide bonds. The van der Waals surface area contributed by atoms with Crippen molar-refractivity contribution in [3.8, 4) is 11.5 Å². The normalized spacial score (nSPS) is 12.8. The molecule has 0 atom stereocenters. The fraction of sp³-hybridized carbons (Fsp3) is 0.188. The summed E-state index contributed by atoms with van der Waals surface area (Å²) in [5.74, 6) is 1.55. The van der Waals surface area contributed by atoms with Gasteiger partial charge >= 0.3 is 0 Å². The van der Waals surface area contributed by atoms with Gasteiger partial charge in [0, 0.05) is 16.6 Å². The maximum atomic E-state index is 12.0. The maximum absolute atomic E-state index is 12.0. The summed E-state index contributed by atoms with van der Waals surface area (Å²) >= 11 is 7.47. The number of fused-ring (bicyclic) bond motifs is 1. The molecule has 3 rings (SSSR count). The van der Waals surface area contributed by atoms with Crippen LogP contribution in [0, 0.1) is 0 Å². The maximum Gasteiger partial charge on any atom is 0.234 e. The second-order valence-corrected chi connectivity index (χ2v) is 6.05. The SMILES string of the molecule is O=C(CSc1ccccc1Cl)Nc1ccc2c(c1)OCCO2. The van der Waals surface area contributed by atoms with E-state index in [1.165, 1.54) is 11.8 Å². The summed E-state index contributed by atoms with van der Waals surface area (Å²) in [5, 5.41) is 3.50. The average molecular weight is 336 g/mol. The van der Waals surface area contributed by atoms with Crippen LogP contribution in [0.25, 0.3) is 0 Å². The molecule has 0 aromatic heterocycles. The number of benzene rings is 2. The number of hydrogen-bond acceptors (Lipinski definition) is 4. The molecular formula is C16H14ClNO3S. The Kier molecular flexibility index (Phi) is 4.75. The third-order valence-corrected chi connectivity index (χ3v) is 4.54. The zero-order chi connectivity index (χ0) is 15.4. The summed E-state index contributed by atoms with van der Waals surface area (Å²) in [5.41, 5.74) is 0.689. The highest BCUT2D eigenvalue weighted by Gasteiger charge is 2.13. The van der Waals surface area contributed by atoms with Gasteiger partial charge in [-0.3, -0.25) is 4.79 Å². The van der Waals surface area contributed by atoms with Crippen LogP contribution in [-0.4, -0.2) is 24.9 Å². The van der Waals surface area contributed by atoms with E-state index in [2.05, 4.69) is 5.32 Å². The van der Waals surface area contributed by atoms with Gasteiger partial charge in [0.05, 0.1) is 10.8 Å². The van der Waals surface area contributed by atoms with Crippen LogP contribution < -0.4 is 14.8 Å². The second-order valence-electron chi connectivity index (χ2n) is 4.63.